The number of ether oxygens (including phenoxy) is 3. The van der Waals surface area contributed by atoms with Crippen LogP contribution in [-0.4, -0.2) is 68.2 Å². The standard InChI is InChI=1S/C29H34F3N5O6S.H2S/c1-18-15-27(2,3)36(16-18)25-20(26(38)35-44(39,40)22-8-6-19(41-4)14-21(22)42-5)7-9-23(33-25)37-13-10-24(34-37)43-17-28(11-12-28)29(30,31)32;/h6-10,13-14,18H,11-12,15-17H2,1-5H3,(H,35,38);1H2/t18-;/m0./s1. The summed E-state index contributed by atoms with van der Waals surface area (Å²) in [5.41, 5.74) is -2.26. The monoisotopic (exact) mass is 671 g/mol. The third-order valence-corrected chi connectivity index (χ3v) is 9.44. The zero-order chi connectivity index (χ0) is 32.1. The zero-order valence-electron chi connectivity index (χ0n) is 25.4. The second-order valence-corrected chi connectivity index (χ2v) is 13.5. The Morgan fingerprint density at radius 3 is 2.40 bits per heavy atom. The van der Waals surface area contributed by atoms with E-state index in [0.717, 1.165) is 6.42 Å². The van der Waals surface area contributed by atoms with Crippen molar-refractivity contribution >= 4 is 35.2 Å². The van der Waals surface area contributed by atoms with Gasteiger partial charge in [0.15, 0.2) is 5.82 Å². The molecule has 2 aromatic heterocycles. The Bertz CT molecular complexity index is 1670. The van der Waals surface area contributed by atoms with Crippen LogP contribution >= 0.6 is 13.5 Å². The predicted molar refractivity (Wildman–Crippen MR) is 164 cm³/mol. The van der Waals surface area contributed by atoms with E-state index in [9.17, 15) is 26.4 Å². The quantitative estimate of drug-likeness (QED) is 0.322. The Morgan fingerprint density at radius 1 is 1.11 bits per heavy atom. The molecule has 0 bridgehead atoms. The summed E-state index contributed by atoms with van der Waals surface area (Å²) in [4.78, 5) is 20.0. The van der Waals surface area contributed by atoms with Gasteiger partial charge in [0.25, 0.3) is 15.9 Å². The lowest BCUT2D eigenvalue weighted by Crippen LogP contribution is -2.41. The highest BCUT2D eigenvalue weighted by molar-refractivity contribution is 7.90. The summed E-state index contributed by atoms with van der Waals surface area (Å²) >= 11 is 0. The van der Waals surface area contributed by atoms with Gasteiger partial charge in [0.05, 0.1) is 19.8 Å². The first-order valence-corrected chi connectivity index (χ1v) is 15.4. The number of pyridine rings is 1. The molecule has 1 amide bonds. The van der Waals surface area contributed by atoms with Crippen molar-refractivity contribution in [3.05, 3.63) is 48.2 Å². The molecule has 1 aliphatic carbocycles. The Morgan fingerprint density at radius 2 is 1.82 bits per heavy atom. The van der Waals surface area contributed by atoms with E-state index in [1.54, 1.807) is 0 Å². The third-order valence-electron chi connectivity index (χ3n) is 8.07. The zero-order valence-corrected chi connectivity index (χ0v) is 27.3. The number of methoxy groups -OCH3 is 2. The summed E-state index contributed by atoms with van der Waals surface area (Å²) < 4.78 is 85.8. The molecule has 2 aliphatic rings. The smallest absolute Gasteiger partial charge is 0.397 e. The molecule has 1 atom stereocenters. The molecule has 1 saturated carbocycles. The van der Waals surface area contributed by atoms with E-state index in [1.165, 1.54) is 61.5 Å². The molecule has 5 rings (SSSR count). The number of carbonyl (C=O) groups is 1. The Kier molecular flexibility index (Phi) is 9.33. The highest BCUT2D eigenvalue weighted by Crippen LogP contribution is 2.57. The second-order valence-electron chi connectivity index (χ2n) is 11.9. The highest BCUT2D eigenvalue weighted by Gasteiger charge is 2.64. The number of carbonyl (C=O) groups excluding carboxylic acids is 1. The van der Waals surface area contributed by atoms with Gasteiger partial charge in [-0.05, 0) is 63.3 Å². The number of halogens is 3. The minimum Gasteiger partial charge on any atom is -0.497 e. The fourth-order valence-corrected chi connectivity index (χ4v) is 6.64. The van der Waals surface area contributed by atoms with Crippen molar-refractivity contribution in [2.75, 3.05) is 32.3 Å². The second kappa shape index (κ2) is 12.3. The molecular weight excluding hydrogens is 635 g/mol. The van der Waals surface area contributed by atoms with Gasteiger partial charge in [-0.25, -0.2) is 22.8 Å². The molecular formula is C29H36F3N5O6S2. The molecule has 1 N–H and O–H groups in total. The number of alkyl halides is 3. The Hall–Kier alpha value is -3.66. The van der Waals surface area contributed by atoms with E-state index in [1.807, 2.05) is 18.7 Å². The molecule has 0 radical (unpaired) electrons. The van der Waals surface area contributed by atoms with Crippen LogP contribution in [0.25, 0.3) is 5.82 Å². The van der Waals surface area contributed by atoms with Crippen LogP contribution in [-0.2, 0) is 10.0 Å². The molecule has 45 heavy (non-hydrogen) atoms. The van der Waals surface area contributed by atoms with Gasteiger partial charge < -0.3 is 19.1 Å². The van der Waals surface area contributed by atoms with Crippen LogP contribution in [0.1, 0.15) is 50.4 Å². The molecule has 1 saturated heterocycles. The molecule has 0 spiro atoms. The third kappa shape index (κ3) is 6.81. The van der Waals surface area contributed by atoms with Crippen molar-refractivity contribution in [1.29, 1.82) is 0 Å². The summed E-state index contributed by atoms with van der Waals surface area (Å²) in [5.74, 6) is 0.217. The molecule has 1 aromatic carbocycles. The molecule has 246 valence electrons. The van der Waals surface area contributed by atoms with Gasteiger partial charge in [-0.3, -0.25) is 4.79 Å². The van der Waals surface area contributed by atoms with Gasteiger partial charge in [-0.15, -0.1) is 5.10 Å². The fourth-order valence-electron chi connectivity index (χ4n) is 5.52. The van der Waals surface area contributed by atoms with Crippen LogP contribution in [0.2, 0.25) is 0 Å². The summed E-state index contributed by atoms with van der Waals surface area (Å²) in [6, 6.07) is 8.46. The first-order valence-electron chi connectivity index (χ1n) is 13.9. The largest absolute Gasteiger partial charge is 0.497 e. The summed E-state index contributed by atoms with van der Waals surface area (Å²) in [7, 11) is -1.65. The van der Waals surface area contributed by atoms with Gasteiger partial charge in [0.1, 0.15) is 34.2 Å². The molecule has 16 heteroatoms. The summed E-state index contributed by atoms with van der Waals surface area (Å²) in [5, 5.41) is 4.24. The number of hydrogen-bond acceptors (Lipinski definition) is 9. The average molecular weight is 672 g/mol. The lowest BCUT2D eigenvalue weighted by atomic mass is 9.97. The van der Waals surface area contributed by atoms with Crippen molar-refractivity contribution in [1.82, 2.24) is 19.5 Å². The Labute approximate surface area is 266 Å². The van der Waals surface area contributed by atoms with E-state index in [4.69, 9.17) is 19.2 Å². The summed E-state index contributed by atoms with van der Waals surface area (Å²) in [6.07, 6.45) is -2.05. The highest BCUT2D eigenvalue weighted by atomic mass is 32.2. The van der Waals surface area contributed by atoms with E-state index in [2.05, 4.69) is 16.7 Å². The number of rotatable bonds is 10. The molecule has 0 unspecified atom stereocenters. The number of amides is 1. The fraction of sp³-hybridized carbons (Fsp3) is 0.483. The SMILES string of the molecule is COc1ccc(S(=O)(=O)NC(=O)c2ccc(-n3ccc(OCC4(C(F)(F)F)CC4)n3)nc2N2C[C@@H](C)CC2(C)C)c(OC)c1.S. The molecule has 3 aromatic rings. The van der Waals surface area contributed by atoms with Crippen molar-refractivity contribution < 1.29 is 40.6 Å². The number of sulfonamides is 1. The number of benzene rings is 1. The number of anilines is 1. The van der Waals surface area contributed by atoms with Gasteiger partial charge in [-0.2, -0.15) is 26.7 Å². The van der Waals surface area contributed by atoms with Crippen molar-refractivity contribution in [3.63, 3.8) is 0 Å². The normalized spacial score (nSPS) is 18.6. The van der Waals surface area contributed by atoms with Gasteiger partial charge >= 0.3 is 6.18 Å². The number of nitrogens with one attached hydrogen (secondary N) is 1. The first-order chi connectivity index (χ1) is 20.6. The van der Waals surface area contributed by atoms with Gasteiger partial charge in [-0.1, -0.05) is 6.92 Å². The van der Waals surface area contributed by atoms with Crippen LogP contribution in [0.15, 0.2) is 47.5 Å². The number of nitrogens with zero attached hydrogens (tertiary/aromatic N) is 4. The van der Waals surface area contributed by atoms with Gasteiger partial charge in [0.2, 0.25) is 5.88 Å². The van der Waals surface area contributed by atoms with Crippen molar-refractivity contribution in [3.8, 4) is 23.2 Å². The van der Waals surface area contributed by atoms with Crippen LogP contribution < -0.4 is 23.8 Å². The van der Waals surface area contributed by atoms with E-state index >= 15 is 0 Å². The molecule has 2 fully saturated rings. The molecule has 1 aliphatic heterocycles. The van der Waals surface area contributed by atoms with Crippen LogP contribution in [0.3, 0.4) is 0 Å². The maximum Gasteiger partial charge on any atom is 0.397 e. The van der Waals surface area contributed by atoms with Crippen molar-refractivity contribution in [2.45, 2.75) is 56.6 Å². The van der Waals surface area contributed by atoms with E-state index in [-0.39, 0.29) is 66.0 Å². The van der Waals surface area contributed by atoms with E-state index < -0.39 is 39.7 Å². The lowest BCUT2D eigenvalue weighted by Gasteiger charge is -2.34. The Balaban J connectivity index is 0.00000461. The van der Waals surface area contributed by atoms with Crippen LogP contribution in [0, 0.1) is 11.3 Å². The number of aromatic nitrogens is 3. The minimum atomic E-state index is -4.38. The number of hydrogen-bond donors (Lipinski definition) is 1. The lowest BCUT2D eigenvalue weighted by molar-refractivity contribution is -0.194. The van der Waals surface area contributed by atoms with Crippen LogP contribution in [0.4, 0.5) is 19.0 Å². The minimum absolute atomic E-state index is 0. The van der Waals surface area contributed by atoms with Crippen LogP contribution in [0.5, 0.6) is 17.4 Å². The predicted octanol–water partition coefficient (Wildman–Crippen LogP) is 4.86. The first kappa shape index (κ1) is 34.2. The average Bonchev–Trinajstić information content (AvgIpc) is 3.53. The maximum atomic E-state index is 13.6. The van der Waals surface area contributed by atoms with E-state index in [0.29, 0.717) is 12.3 Å². The van der Waals surface area contributed by atoms with Gasteiger partial charge in [0, 0.05) is 30.4 Å². The topological polar surface area (TPSA) is 125 Å². The molecule has 3 heterocycles. The molecule has 11 nitrogen and oxygen atoms in total. The maximum absolute atomic E-state index is 13.6. The van der Waals surface area contributed by atoms with Crippen molar-refractivity contribution in [2.24, 2.45) is 11.3 Å². The summed E-state index contributed by atoms with van der Waals surface area (Å²) in [6.45, 7) is 6.09.